The number of carbonyl (C=O) groups excluding carboxylic acids is 3. The van der Waals surface area contributed by atoms with E-state index < -0.39 is 41.5 Å². The van der Waals surface area contributed by atoms with Crippen LogP contribution in [0.25, 0.3) is 0 Å². The number of hydrogen-bond donors (Lipinski definition) is 3. The van der Waals surface area contributed by atoms with Gasteiger partial charge in [0.1, 0.15) is 23.4 Å². The van der Waals surface area contributed by atoms with Gasteiger partial charge in [-0.15, -0.1) is 0 Å². The molecule has 0 saturated heterocycles. The van der Waals surface area contributed by atoms with Crippen molar-refractivity contribution >= 4 is 17.8 Å². The lowest BCUT2D eigenvalue weighted by Crippen LogP contribution is -2.53. The summed E-state index contributed by atoms with van der Waals surface area (Å²) in [5.74, 6) is -1.86. The summed E-state index contributed by atoms with van der Waals surface area (Å²) < 4.78 is 5.47. The van der Waals surface area contributed by atoms with Crippen molar-refractivity contribution in [3.8, 4) is 5.75 Å². The summed E-state index contributed by atoms with van der Waals surface area (Å²) in [7, 11) is 0. The summed E-state index contributed by atoms with van der Waals surface area (Å²) in [6, 6.07) is 3.46. The van der Waals surface area contributed by atoms with Crippen molar-refractivity contribution in [2.75, 3.05) is 0 Å². The average molecular weight is 476 g/mol. The van der Waals surface area contributed by atoms with Crippen LogP contribution in [0.5, 0.6) is 5.75 Å². The van der Waals surface area contributed by atoms with Gasteiger partial charge in [-0.05, 0) is 50.8 Å². The fraction of sp³-hybridized carbons (Fsp3) is 0.542. The van der Waals surface area contributed by atoms with Crippen LogP contribution >= 0.6 is 0 Å². The minimum Gasteiger partial charge on any atom is -0.508 e. The number of hydrogen-bond acceptors (Lipinski definition) is 7. The summed E-state index contributed by atoms with van der Waals surface area (Å²) >= 11 is 0. The van der Waals surface area contributed by atoms with Crippen LogP contribution in [0, 0.1) is 16.0 Å². The summed E-state index contributed by atoms with van der Waals surface area (Å²) in [5, 5.41) is 26.0. The SMILES string of the molecule is CC(=O)N[C@@H](CC1C=CCC([N+](=O)[O-])C1)C(=O)N[C@@H](Cc1ccc(O)cc1)C(=O)OC(C)(C)C. The van der Waals surface area contributed by atoms with Crippen LogP contribution < -0.4 is 10.6 Å². The molecule has 0 aromatic heterocycles. The normalized spacial score (nSPS) is 19.5. The Morgan fingerprint density at radius 3 is 2.38 bits per heavy atom. The van der Waals surface area contributed by atoms with E-state index in [1.807, 2.05) is 6.08 Å². The first-order valence-corrected chi connectivity index (χ1v) is 11.2. The third-order valence-electron chi connectivity index (χ3n) is 5.31. The second-order valence-corrected chi connectivity index (χ2v) is 9.55. The maximum Gasteiger partial charge on any atom is 0.329 e. The number of nitrogens with one attached hydrogen (secondary N) is 2. The zero-order chi connectivity index (χ0) is 25.5. The van der Waals surface area contributed by atoms with Crippen LogP contribution in [0.2, 0.25) is 0 Å². The molecule has 10 nitrogen and oxygen atoms in total. The Labute approximate surface area is 198 Å². The van der Waals surface area contributed by atoms with Gasteiger partial charge in [-0.25, -0.2) is 4.79 Å². The number of ether oxygens (including phenoxy) is 1. The minimum atomic E-state index is -1.04. The van der Waals surface area contributed by atoms with E-state index in [2.05, 4.69) is 10.6 Å². The molecule has 1 aromatic carbocycles. The lowest BCUT2D eigenvalue weighted by molar-refractivity contribution is -0.524. The van der Waals surface area contributed by atoms with Crippen molar-refractivity contribution in [1.82, 2.24) is 10.6 Å². The van der Waals surface area contributed by atoms with Gasteiger partial charge in [0.25, 0.3) is 0 Å². The number of phenols is 1. The van der Waals surface area contributed by atoms with Gasteiger partial charge in [0, 0.05) is 31.1 Å². The zero-order valence-corrected chi connectivity index (χ0v) is 19.9. The summed E-state index contributed by atoms with van der Waals surface area (Å²) in [6.07, 6.45) is 4.40. The Morgan fingerprint density at radius 2 is 1.82 bits per heavy atom. The molecule has 4 atom stereocenters. The Hall–Kier alpha value is -3.43. The Balaban J connectivity index is 2.19. The first-order chi connectivity index (χ1) is 15.8. The maximum absolute atomic E-state index is 13.2. The third kappa shape index (κ3) is 8.84. The number of amides is 2. The molecule has 1 aromatic rings. The summed E-state index contributed by atoms with van der Waals surface area (Å²) in [5.41, 5.74) is -0.0923. The molecular formula is C24H33N3O7. The van der Waals surface area contributed by atoms with E-state index in [1.54, 1.807) is 39.0 Å². The lowest BCUT2D eigenvalue weighted by atomic mass is 9.87. The van der Waals surface area contributed by atoms with Gasteiger partial charge in [-0.3, -0.25) is 19.7 Å². The average Bonchev–Trinajstić information content (AvgIpc) is 2.73. The first kappa shape index (κ1) is 26.8. The molecule has 2 unspecified atom stereocenters. The molecule has 0 bridgehead atoms. The molecule has 0 fully saturated rings. The van der Waals surface area contributed by atoms with E-state index in [1.165, 1.54) is 19.1 Å². The monoisotopic (exact) mass is 475 g/mol. The number of nitrogens with zero attached hydrogens (tertiary/aromatic N) is 1. The number of benzene rings is 1. The van der Waals surface area contributed by atoms with Crippen LogP contribution in [0.15, 0.2) is 36.4 Å². The second-order valence-electron chi connectivity index (χ2n) is 9.55. The summed E-state index contributed by atoms with van der Waals surface area (Å²) in [4.78, 5) is 48.6. The molecule has 0 saturated carbocycles. The van der Waals surface area contributed by atoms with Gasteiger partial charge in [0.2, 0.25) is 17.9 Å². The van der Waals surface area contributed by atoms with Gasteiger partial charge in [-0.2, -0.15) is 0 Å². The van der Waals surface area contributed by atoms with Crippen LogP contribution in [-0.2, 0) is 25.5 Å². The topological polar surface area (TPSA) is 148 Å². The van der Waals surface area contributed by atoms with Crippen molar-refractivity contribution in [1.29, 1.82) is 0 Å². The van der Waals surface area contributed by atoms with Crippen LogP contribution in [0.1, 0.15) is 52.5 Å². The van der Waals surface area contributed by atoms with Crippen molar-refractivity contribution in [2.45, 2.75) is 77.1 Å². The van der Waals surface area contributed by atoms with Crippen LogP contribution in [0.3, 0.4) is 0 Å². The Bertz CT molecular complexity index is 921. The number of nitro groups is 1. The number of rotatable bonds is 9. The van der Waals surface area contributed by atoms with Gasteiger partial charge in [-0.1, -0.05) is 24.3 Å². The molecule has 2 amide bonds. The fourth-order valence-corrected chi connectivity index (χ4v) is 3.79. The Morgan fingerprint density at radius 1 is 1.18 bits per heavy atom. The highest BCUT2D eigenvalue weighted by Crippen LogP contribution is 2.24. The highest BCUT2D eigenvalue weighted by atomic mass is 16.6. The zero-order valence-electron chi connectivity index (χ0n) is 19.9. The maximum atomic E-state index is 13.2. The summed E-state index contributed by atoms with van der Waals surface area (Å²) in [6.45, 7) is 6.42. The number of aromatic hydroxyl groups is 1. The molecule has 10 heteroatoms. The van der Waals surface area contributed by atoms with E-state index in [4.69, 9.17) is 4.74 Å². The molecule has 0 spiro atoms. The van der Waals surface area contributed by atoms with E-state index in [0.717, 1.165) is 0 Å². The highest BCUT2D eigenvalue weighted by molar-refractivity contribution is 5.90. The smallest absolute Gasteiger partial charge is 0.329 e. The second kappa shape index (κ2) is 11.6. The molecule has 186 valence electrons. The lowest BCUT2D eigenvalue weighted by Gasteiger charge is -2.28. The fourth-order valence-electron chi connectivity index (χ4n) is 3.79. The van der Waals surface area contributed by atoms with Crippen molar-refractivity contribution < 1.29 is 29.2 Å². The quantitative estimate of drug-likeness (QED) is 0.215. The number of esters is 1. The molecule has 0 radical (unpaired) electrons. The number of carbonyl (C=O) groups is 3. The molecular weight excluding hydrogens is 442 g/mol. The first-order valence-electron chi connectivity index (χ1n) is 11.2. The third-order valence-corrected chi connectivity index (χ3v) is 5.31. The van der Waals surface area contributed by atoms with Gasteiger partial charge in [0.15, 0.2) is 0 Å². The van der Waals surface area contributed by atoms with Crippen molar-refractivity contribution in [3.63, 3.8) is 0 Å². The predicted molar refractivity (Wildman–Crippen MR) is 124 cm³/mol. The van der Waals surface area contributed by atoms with E-state index in [-0.39, 0.29) is 35.9 Å². The molecule has 34 heavy (non-hydrogen) atoms. The number of phenolic OH excluding ortho intramolecular Hbond substituents is 1. The van der Waals surface area contributed by atoms with Crippen LogP contribution in [-0.4, -0.2) is 51.5 Å². The largest absolute Gasteiger partial charge is 0.508 e. The van der Waals surface area contributed by atoms with Gasteiger partial charge in [0.05, 0.1) is 0 Å². The molecule has 0 aliphatic heterocycles. The highest BCUT2D eigenvalue weighted by Gasteiger charge is 2.33. The Kier molecular flexibility index (Phi) is 9.17. The van der Waals surface area contributed by atoms with Crippen molar-refractivity contribution in [3.05, 3.63) is 52.1 Å². The minimum absolute atomic E-state index is 0.0703. The number of allylic oxidation sites excluding steroid dienone is 1. The standard InChI is InChI=1S/C24H33N3O7/c1-15(28)25-20(14-17-6-5-7-18(12-17)27(32)33)22(30)26-21(23(31)34-24(2,3)4)13-16-8-10-19(29)11-9-16/h5-6,8-11,17-18,20-21,29H,7,12-14H2,1-4H3,(H,25,28)(H,26,30)/t17?,18?,20-,21-/m0/s1. The van der Waals surface area contributed by atoms with Crippen LogP contribution in [0.4, 0.5) is 0 Å². The molecule has 1 aliphatic carbocycles. The van der Waals surface area contributed by atoms with E-state index in [9.17, 15) is 29.6 Å². The van der Waals surface area contributed by atoms with E-state index in [0.29, 0.717) is 12.0 Å². The molecule has 1 aliphatic rings. The van der Waals surface area contributed by atoms with E-state index >= 15 is 0 Å². The molecule has 0 heterocycles. The predicted octanol–water partition coefficient (Wildman–Crippen LogP) is 2.27. The van der Waals surface area contributed by atoms with Gasteiger partial charge < -0.3 is 20.5 Å². The molecule has 3 N–H and O–H groups in total. The van der Waals surface area contributed by atoms with Gasteiger partial charge >= 0.3 is 5.97 Å². The van der Waals surface area contributed by atoms with Crippen molar-refractivity contribution in [2.24, 2.45) is 5.92 Å². The molecule has 2 rings (SSSR count).